The van der Waals surface area contributed by atoms with Gasteiger partial charge in [-0.25, -0.2) is 0 Å². The lowest BCUT2D eigenvalue weighted by Crippen LogP contribution is -2.57. The second-order valence-corrected chi connectivity index (χ2v) is 14.2. The van der Waals surface area contributed by atoms with Crippen LogP contribution in [-0.4, -0.2) is 105 Å². The number of rotatable bonds is 19. The zero-order chi connectivity index (χ0) is 33.6. The highest BCUT2D eigenvalue weighted by atomic mass is 16.4. The fourth-order valence-electron chi connectivity index (χ4n) is 3.93. The molecule has 1 unspecified atom stereocenters. The molecule has 13 nitrogen and oxygen atoms in total. The number of carbonyl (C=O) groups is 2. The summed E-state index contributed by atoms with van der Waals surface area (Å²) in [6, 6.07) is -0.213. The van der Waals surface area contributed by atoms with Gasteiger partial charge < -0.3 is 47.0 Å². The molecule has 0 aliphatic carbocycles. The molecule has 0 spiro atoms. The highest BCUT2D eigenvalue weighted by molar-refractivity contribution is 5.83. The molecule has 0 aromatic carbocycles. The average Bonchev–Trinajstić information content (AvgIpc) is 2.88. The smallest absolute Gasteiger partial charge is 0.252 e. The van der Waals surface area contributed by atoms with Crippen LogP contribution in [0.4, 0.5) is 0 Å². The molecular weight excluding hydrogens is 554 g/mol. The largest absolute Gasteiger partial charge is 0.387 e. The zero-order valence-electron chi connectivity index (χ0n) is 27.9. The first-order chi connectivity index (χ1) is 19.6. The Morgan fingerprint density at radius 1 is 0.674 bits per heavy atom. The maximum absolute atomic E-state index is 12.5. The lowest BCUT2D eigenvalue weighted by molar-refractivity contribution is -0.156. The van der Waals surface area contributed by atoms with Gasteiger partial charge in [0.15, 0.2) is 12.2 Å². The van der Waals surface area contributed by atoms with E-state index >= 15 is 0 Å². The monoisotopic (exact) mass is 615 g/mol. The molecule has 0 aromatic rings. The molecule has 0 aromatic heterocycles. The number of aliphatic hydroxyl groups excluding tert-OH is 4. The minimum atomic E-state index is -2.09. The van der Waals surface area contributed by atoms with E-state index in [1.165, 1.54) is 0 Å². The average molecular weight is 616 g/mol. The van der Waals surface area contributed by atoms with Gasteiger partial charge >= 0.3 is 0 Å². The number of amidine groups is 2. The van der Waals surface area contributed by atoms with E-state index in [0.717, 1.165) is 38.8 Å². The van der Waals surface area contributed by atoms with Crippen molar-refractivity contribution < 1.29 is 30.0 Å². The number of unbranched alkanes of at least 4 members (excludes halogenated alkanes) is 3. The topological polar surface area (TPSA) is 223 Å². The van der Waals surface area contributed by atoms with E-state index < -0.39 is 47.2 Å². The summed E-state index contributed by atoms with van der Waals surface area (Å²) in [6.07, 6.45) is -3.31. The highest BCUT2D eigenvalue weighted by Crippen LogP contribution is 2.20. The number of hydrogen-bond donors (Lipinski definition) is 11. The van der Waals surface area contributed by atoms with Crippen LogP contribution < -0.4 is 26.6 Å². The summed E-state index contributed by atoms with van der Waals surface area (Å²) in [5.41, 5.74) is -1.18. The summed E-state index contributed by atoms with van der Waals surface area (Å²) in [7, 11) is 0. The van der Waals surface area contributed by atoms with Gasteiger partial charge in [0.25, 0.3) is 11.8 Å². The minimum absolute atomic E-state index is 0.0648. The molecule has 0 radical (unpaired) electrons. The Bertz CT molecular complexity index is 885. The lowest BCUT2D eigenvalue weighted by Gasteiger charge is -2.34. The first kappa shape index (κ1) is 40.7. The fraction of sp³-hybridized carbons (Fsp3) is 0.867. The molecule has 43 heavy (non-hydrogen) atoms. The van der Waals surface area contributed by atoms with E-state index in [2.05, 4.69) is 47.4 Å². The number of nitrogens with one attached hydrogen (secondary N) is 7. The van der Waals surface area contributed by atoms with Gasteiger partial charge in [-0.05, 0) is 61.3 Å². The van der Waals surface area contributed by atoms with Crippen molar-refractivity contribution >= 4 is 23.5 Å². The Hall–Kier alpha value is -2.32. The Morgan fingerprint density at radius 2 is 1.16 bits per heavy atom. The Morgan fingerprint density at radius 3 is 1.65 bits per heavy atom. The Labute approximate surface area is 258 Å². The molecule has 0 saturated heterocycles. The molecule has 0 aliphatic rings. The number of hydrogen-bond acceptors (Lipinski definition) is 9. The maximum atomic E-state index is 12.5. The third kappa shape index (κ3) is 18.2. The Balaban J connectivity index is 4.41. The van der Waals surface area contributed by atoms with Crippen LogP contribution in [0.5, 0.6) is 0 Å². The van der Waals surface area contributed by atoms with Crippen molar-refractivity contribution in [3.63, 3.8) is 0 Å². The summed E-state index contributed by atoms with van der Waals surface area (Å²) >= 11 is 0. The molecule has 0 heterocycles. The van der Waals surface area contributed by atoms with Crippen molar-refractivity contribution in [2.45, 2.75) is 142 Å². The van der Waals surface area contributed by atoms with Gasteiger partial charge in [-0.15, -0.1) is 0 Å². The van der Waals surface area contributed by atoms with Crippen molar-refractivity contribution in [2.24, 2.45) is 5.41 Å². The zero-order valence-corrected chi connectivity index (χ0v) is 27.9. The molecule has 0 bridgehead atoms. The van der Waals surface area contributed by atoms with Crippen LogP contribution in [0.15, 0.2) is 0 Å². The van der Waals surface area contributed by atoms with E-state index in [1.54, 1.807) is 20.8 Å². The predicted octanol–water partition coefficient (Wildman–Crippen LogP) is 0.738. The molecule has 2 amide bonds. The molecule has 0 fully saturated rings. The molecule has 5 atom stereocenters. The van der Waals surface area contributed by atoms with Crippen molar-refractivity contribution in [3.8, 4) is 0 Å². The first-order valence-corrected chi connectivity index (χ1v) is 15.3. The van der Waals surface area contributed by atoms with Crippen LogP contribution in [0.2, 0.25) is 0 Å². The predicted molar refractivity (Wildman–Crippen MR) is 170 cm³/mol. The quantitative estimate of drug-likeness (QED) is 0.0559. The second kappa shape index (κ2) is 18.5. The number of aliphatic hydroxyl groups is 4. The highest BCUT2D eigenvalue weighted by Gasteiger charge is 2.38. The van der Waals surface area contributed by atoms with Gasteiger partial charge in [0.1, 0.15) is 12.2 Å². The molecule has 11 N–H and O–H groups in total. The molecule has 13 heteroatoms. The second-order valence-electron chi connectivity index (χ2n) is 14.2. The van der Waals surface area contributed by atoms with Crippen LogP contribution in [0.3, 0.4) is 0 Å². The fourth-order valence-corrected chi connectivity index (χ4v) is 3.93. The standard InChI is InChI=1S/C30H61N7O6/c1-19(36-21(32)15-13-11-10-12-14-20(31)33-16-17-35-28(2,3)4)30(8,9)18-34-26(42)24(40)22(38)23(39)25(41)27(43)37-29(5,6)7/h19,22-25,35,38-41H,10-18H2,1-9H3,(H2,31,33)(H2,32,36)(H,34,42)(H,37,43)/t19?,22-,23+,24+,25-/m0/s1. The summed E-state index contributed by atoms with van der Waals surface area (Å²) < 4.78 is 0. The van der Waals surface area contributed by atoms with Crippen LogP contribution >= 0.6 is 0 Å². The van der Waals surface area contributed by atoms with E-state index in [1.807, 2.05) is 20.8 Å². The van der Waals surface area contributed by atoms with E-state index in [-0.39, 0.29) is 18.1 Å². The third-order valence-corrected chi connectivity index (χ3v) is 7.04. The van der Waals surface area contributed by atoms with Crippen molar-refractivity contribution in [1.82, 2.24) is 26.6 Å². The van der Waals surface area contributed by atoms with Gasteiger partial charge in [-0.1, -0.05) is 26.7 Å². The van der Waals surface area contributed by atoms with Crippen LogP contribution in [-0.2, 0) is 9.59 Å². The van der Waals surface area contributed by atoms with Crippen LogP contribution in [0.25, 0.3) is 0 Å². The van der Waals surface area contributed by atoms with E-state index in [4.69, 9.17) is 10.8 Å². The molecule has 0 saturated carbocycles. The molecule has 0 rings (SSSR count). The SMILES string of the molecule is CC(NC(=N)CCCCCCC(=N)NCCNC(C)(C)C)C(C)(C)CNC(=O)[C@H](O)[C@@H](O)[C@@H](O)[C@H](O)C(=O)NC(C)(C)C. The van der Waals surface area contributed by atoms with Gasteiger partial charge in [-0.3, -0.25) is 20.4 Å². The van der Waals surface area contributed by atoms with Crippen molar-refractivity contribution in [2.75, 3.05) is 19.6 Å². The summed E-state index contributed by atoms with van der Waals surface area (Å²) in [4.78, 5) is 24.5. The summed E-state index contributed by atoms with van der Waals surface area (Å²) in [5, 5.41) is 71.6. The normalized spacial score (nSPS) is 15.9. The van der Waals surface area contributed by atoms with Gasteiger partial charge in [0.2, 0.25) is 0 Å². The third-order valence-electron chi connectivity index (χ3n) is 7.04. The number of carbonyl (C=O) groups excluding carboxylic acids is 2. The Kier molecular flexibility index (Phi) is 17.5. The van der Waals surface area contributed by atoms with Gasteiger partial charge in [0.05, 0.1) is 11.7 Å². The van der Waals surface area contributed by atoms with Crippen molar-refractivity contribution in [3.05, 3.63) is 0 Å². The minimum Gasteiger partial charge on any atom is -0.387 e. The number of amides is 2. The van der Waals surface area contributed by atoms with Crippen LogP contribution in [0.1, 0.15) is 101 Å². The van der Waals surface area contributed by atoms with E-state index in [9.17, 15) is 30.0 Å². The molecule has 0 aliphatic heterocycles. The van der Waals surface area contributed by atoms with Crippen LogP contribution in [0, 0.1) is 16.2 Å². The van der Waals surface area contributed by atoms with Gasteiger partial charge in [-0.2, -0.15) is 0 Å². The molecule has 252 valence electrons. The summed E-state index contributed by atoms with van der Waals surface area (Å²) in [6.45, 7) is 18.6. The summed E-state index contributed by atoms with van der Waals surface area (Å²) in [5.74, 6) is -0.972. The van der Waals surface area contributed by atoms with Gasteiger partial charge in [0, 0.05) is 55.0 Å². The maximum Gasteiger partial charge on any atom is 0.252 e. The van der Waals surface area contributed by atoms with Crippen molar-refractivity contribution in [1.29, 1.82) is 10.8 Å². The van der Waals surface area contributed by atoms with E-state index in [0.29, 0.717) is 24.5 Å². The molecular formula is C30H61N7O6. The lowest BCUT2D eigenvalue weighted by atomic mass is 9.85. The first-order valence-electron chi connectivity index (χ1n) is 15.3.